The molecule has 0 aromatic rings. The average Bonchev–Trinajstić information content (AvgIpc) is 3.39. The molecule has 6 atom stereocenters. The molecule has 2 aliphatic carbocycles. The highest BCUT2D eigenvalue weighted by Gasteiger charge is 2.44. The van der Waals surface area contributed by atoms with E-state index in [0.717, 1.165) is 38.9 Å². The van der Waals surface area contributed by atoms with E-state index in [2.05, 4.69) is 20.5 Å². The molecule has 0 bridgehead atoms. The molecule has 2 aliphatic heterocycles. The lowest BCUT2D eigenvalue weighted by Crippen LogP contribution is -2.53. The van der Waals surface area contributed by atoms with Gasteiger partial charge in [0.2, 0.25) is 15.9 Å². The van der Waals surface area contributed by atoms with E-state index in [0.29, 0.717) is 57.3 Å². The molecule has 11 nitrogen and oxygen atoms in total. The van der Waals surface area contributed by atoms with E-state index in [1.54, 1.807) is 16.9 Å². The van der Waals surface area contributed by atoms with Gasteiger partial charge in [-0.1, -0.05) is 0 Å². The molecule has 0 aromatic heterocycles. The Hall–Kier alpha value is -1.25. The second-order valence-electron chi connectivity index (χ2n) is 12.7. The largest absolute Gasteiger partial charge is 0.381 e. The lowest BCUT2D eigenvalue weighted by atomic mass is 9.76. The SMILES string of the molecule is COC1CCC(CN(C)C(=O)N2CCCC(CS(=O)(=O)NNC(=O)C3CC(C4CN(C)CN4)CC(Cl)C3F)C2)CC1. The van der Waals surface area contributed by atoms with Crippen molar-refractivity contribution in [2.45, 2.75) is 75.1 Å². The molecule has 2 saturated carbocycles. The van der Waals surface area contributed by atoms with Crippen LogP contribution in [0, 0.1) is 23.7 Å². The van der Waals surface area contributed by atoms with Crippen LogP contribution < -0.4 is 15.6 Å². The summed E-state index contributed by atoms with van der Waals surface area (Å²) in [6.45, 7) is 3.11. The van der Waals surface area contributed by atoms with Crippen molar-refractivity contribution in [2.75, 3.05) is 59.8 Å². The molecule has 2 saturated heterocycles. The number of likely N-dealkylation sites (tertiary alicyclic amines) is 1. The number of methoxy groups -OCH3 is 1. The molecule has 4 aliphatic rings. The summed E-state index contributed by atoms with van der Waals surface area (Å²) in [5.74, 6) is -1.77. The fourth-order valence-corrected chi connectivity index (χ4v) is 8.70. The Labute approximate surface area is 249 Å². The van der Waals surface area contributed by atoms with Crippen molar-refractivity contribution in [3.8, 4) is 0 Å². The van der Waals surface area contributed by atoms with Gasteiger partial charge in [-0.3, -0.25) is 20.4 Å². The topological polar surface area (TPSA) is 123 Å². The van der Waals surface area contributed by atoms with Crippen molar-refractivity contribution >= 4 is 33.6 Å². The smallest absolute Gasteiger partial charge is 0.319 e. The molecule has 6 unspecified atom stereocenters. The molecule has 4 rings (SSSR count). The minimum atomic E-state index is -3.90. The van der Waals surface area contributed by atoms with E-state index in [1.807, 2.05) is 14.1 Å². The Morgan fingerprint density at radius 2 is 1.85 bits per heavy atom. The van der Waals surface area contributed by atoms with E-state index in [9.17, 15) is 22.4 Å². The maximum Gasteiger partial charge on any atom is 0.319 e. The number of sulfonamides is 1. The van der Waals surface area contributed by atoms with E-state index >= 15 is 0 Å². The lowest BCUT2D eigenvalue weighted by molar-refractivity contribution is -0.129. The monoisotopic (exact) mass is 622 g/mol. The van der Waals surface area contributed by atoms with Gasteiger partial charge < -0.3 is 14.5 Å². The van der Waals surface area contributed by atoms with Gasteiger partial charge in [0, 0.05) is 53.0 Å². The molecule has 0 radical (unpaired) electrons. The quantitative estimate of drug-likeness (QED) is 0.264. The third kappa shape index (κ3) is 8.88. The molecule has 0 spiro atoms. The minimum absolute atomic E-state index is 0.0195. The zero-order valence-electron chi connectivity index (χ0n) is 24.6. The van der Waals surface area contributed by atoms with Gasteiger partial charge in [0.25, 0.3) is 0 Å². The van der Waals surface area contributed by atoms with Crippen LogP contribution in [0.4, 0.5) is 9.18 Å². The van der Waals surface area contributed by atoms with Gasteiger partial charge in [-0.15, -0.1) is 16.4 Å². The third-order valence-electron chi connectivity index (χ3n) is 9.41. The Morgan fingerprint density at radius 3 is 2.51 bits per heavy atom. The number of ether oxygens (including phenoxy) is 1. The fourth-order valence-electron chi connectivity index (χ4n) is 7.06. The van der Waals surface area contributed by atoms with Crippen LogP contribution in [0.1, 0.15) is 51.4 Å². The first-order valence-electron chi connectivity index (χ1n) is 15.0. The summed E-state index contributed by atoms with van der Waals surface area (Å²) in [7, 11) is 1.63. The van der Waals surface area contributed by atoms with Crippen LogP contribution in [-0.2, 0) is 19.6 Å². The van der Waals surface area contributed by atoms with Crippen molar-refractivity contribution in [3.63, 3.8) is 0 Å². The van der Waals surface area contributed by atoms with Gasteiger partial charge in [0.15, 0.2) is 0 Å². The van der Waals surface area contributed by atoms with Gasteiger partial charge in [-0.05, 0) is 76.2 Å². The minimum Gasteiger partial charge on any atom is -0.381 e. The van der Waals surface area contributed by atoms with Crippen molar-refractivity contribution in [1.82, 2.24) is 30.3 Å². The van der Waals surface area contributed by atoms with Crippen molar-refractivity contribution < 1.29 is 27.1 Å². The van der Waals surface area contributed by atoms with Crippen LogP contribution in [-0.4, -0.2) is 119 Å². The number of hydrazine groups is 1. The van der Waals surface area contributed by atoms with Crippen molar-refractivity contribution in [3.05, 3.63) is 0 Å². The van der Waals surface area contributed by atoms with Gasteiger partial charge >= 0.3 is 6.03 Å². The van der Waals surface area contributed by atoms with Crippen LogP contribution in [0.5, 0.6) is 0 Å². The molecule has 3 N–H and O–H groups in total. The summed E-state index contributed by atoms with van der Waals surface area (Å²) in [5.41, 5.74) is 2.25. The molecule has 0 aromatic carbocycles. The second-order valence-corrected chi connectivity index (χ2v) is 15.0. The summed E-state index contributed by atoms with van der Waals surface area (Å²) in [4.78, 5) is 33.8. The summed E-state index contributed by atoms with van der Waals surface area (Å²) in [6.07, 6.45) is 4.95. The maximum absolute atomic E-state index is 14.9. The number of nitrogens with zero attached hydrogens (tertiary/aromatic N) is 3. The van der Waals surface area contributed by atoms with Crippen LogP contribution in [0.3, 0.4) is 0 Å². The second kappa shape index (κ2) is 14.5. The number of amides is 3. The lowest BCUT2D eigenvalue weighted by Gasteiger charge is -2.37. The number of carbonyl (C=O) groups excluding carboxylic acids is 2. The molecule has 14 heteroatoms. The Balaban J connectivity index is 1.24. The van der Waals surface area contributed by atoms with Crippen molar-refractivity contribution in [2.24, 2.45) is 23.7 Å². The zero-order chi connectivity index (χ0) is 29.7. The van der Waals surface area contributed by atoms with Gasteiger partial charge in [-0.2, -0.15) is 0 Å². The highest BCUT2D eigenvalue weighted by Crippen LogP contribution is 2.37. The fraction of sp³-hybridized carbons (Fsp3) is 0.926. The molecule has 41 heavy (non-hydrogen) atoms. The Kier molecular flexibility index (Phi) is 11.5. The first kappa shape index (κ1) is 32.7. The third-order valence-corrected chi connectivity index (χ3v) is 11.2. The highest BCUT2D eigenvalue weighted by atomic mass is 35.5. The zero-order valence-corrected chi connectivity index (χ0v) is 26.1. The van der Waals surface area contributed by atoms with Crippen LogP contribution in [0.2, 0.25) is 0 Å². The highest BCUT2D eigenvalue weighted by molar-refractivity contribution is 7.89. The van der Waals surface area contributed by atoms with Crippen LogP contribution in [0.15, 0.2) is 0 Å². The number of hydrogen-bond donors (Lipinski definition) is 3. The van der Waals surface area contributed by atoms with E-state index in [4.69, 9.17) is 16.3 Å². The van der Waals surface area contributed by atoms with Crippen LogP contribution in [0.25, 0.3) is 0 Å². The van der Waals surface area contributed by atoms with Gasteiger partial charge in [-0.25, -0.2) is 17.6 Å². The predicted molar refractivity (Wildman–Crippen MR) is 155 cm³/mol. The number of likely N-dealkylation sites (N-methyl/N-ethyl adjacent to an activating group) is 1. The summed E-state index contributed by atoms with van der Waals surface area (Å²) < 4.78 is 46.1. The first-order valence-corrected chi connectivity index (χ1v) is 17.1. The van der Waals surface area contributed by atoms with E-state index < -0.39 is 33.4 Å². The van der Waals surface area contributed by atoms with Crippen molar-refractivity contribution in [1.29, 1.82) is 0 Å². The number of nitrogens with one attached hydrogen (secondary N) is 3. The summed E-state index contributed by atoms with van der Waals surface area (Å²) >= 11 is 6.29. The Bertz CT molecular complexity index is 1000. The first-order chi connectivity index (χ1) is 19.5. The summed E-state index contributed by atoms with van der Waals surface area (Å²) in [5, 5.41) is 2.57. The number of halogens is 2. The molecule has 3 amide bonds. The molecule has 2 heterocycles. The number of carbonyl (C=O) groups is 2. The summed E-state index contributed by atoms with van der Waals surface area (Å²) in [6, 6.07) is 0.0315. The van der Waals surface area contributed by atoms with E-state index in [1.165, 1.54) is 0 Å². The van der Waals surface area contributed by atoms with E-state index in [-0.39, 0.29) is 29.7 Å². The normalized spacial score (nSPS) is 35.3. The van der Waals surface area contributed by atoms with Gasteiger partial charge in [0.05, 0.1) is 23.2 Å². The molecule has 236 valence electrons. The number of hydrogen-bond acceptors (Lipinski definition) is 7. The maximum atomic E-state index is 14.9. The number of urea groups is 1. The Morgan fingerprint density at radius 1 is 1.12 bits per heavy atom. The average molecular weight is 623 g/mol. The number of piperidine rings is 1. The molecular weight excluding hydrogens is 575 g/mol. The standard InChI is InChI=1S/C27H48ClFN6O5S/c1-33-15-24(30-17-33)20-11-22(25(29)23(28)12-20)26(36)31-32-41(38,39)16-19-5-4-10-35(14-19)27(37)34(2)13-18-6-8-21(40-3)9-7-18/h18-25,30,32H,4-17H2,1-3H3,(H,31,36). The van der Waals surface area contributed by atoms with Crippen LogP contribution >= 0.6 is 11.6 Å². The molecular formula is C27H48ClFN6O5S. The number of rotatable bonds is 9. The predicted octanol–water partition coefficient (Wildman–Crippen LogP) is 1.74. The molecule has 4 fully saturated rings. The number of alkyl halides is 2. The van der Waals surface area contributed by atoms with Gasteiger partial charge in [0.1, 0.15) is 6.17 Å².